The highest BCUT2D eigenvalue weighted by molar-refractivity contribution is 7.98. The molecule has 1 aliphatic rings. The first-order chi connectivity index (χ1) is 22.0. The van der Waals surface area contributed by atoms with Gasteiger partial charge in [0.25, 0.3) is 5.56 Å². The quantitative estimate of drug-likeness (QED) is 0.0598. The molecule has 3 rings (SSSR count). The number of hydrogen-bond donors (Lipinski definition) is 6. The highest BCUT2D eigenvalue weighted by atomic mass is 32.2. The zero-order valence-electron chi connectivity index (χ0n) is 24.9. The van der Waals surface area contributed by atoms with Crippen molar-refractivity contribution in [2.45, 2.75) is 30.6 Å². The smallest absolute Gasteiger partial charge is 0.490 e. The molecule has 2 heterocycles. The van der Waals surface area contributed by atoms with Crippen molar-refractivity contribution >= 4 is 35.2 Å². The third-order valence-electron chi connectivity index (χ3n) is 6.03. The fraction of sp³-hybridized carbons (Fsp3) is 0.478. The number of phosphoric acid groups is 3. The van der Waals surface area contributed by atoms with Crippen molar-refractivity contribution in [2.75, 3.05) is 40.4 Å². The summed E-state index contributed by atoms with van der Waals surface area (Å²) in [7, 11) is -12.5. The average Bonchev–Trinajstić information content (AvgIpc) is 3.38. The van der Waals surface area contributed by atoms with E-state index >= 15 is 0 Å². The van der Waals surface area contributed by atoms with E-state index in [9.17, 15) is 33.1 Å². The lowest BCUT2D eigenvalue weighted by molar-refractivity contribution is -0.0544. The summed E-state index contributed by atoms with van der Waals surface area (Å²) in [6.07, 6.45) is -2.28. The third kappa shape index (κ3) is 11.6. The Bertz CT molecular complexity index is 1710. The molecular formula is C23H32N3O17P3S. The van der Waals surface area contributed by atoms with Crippen LogP contribution in [0.1, 0.15) is 23.8 Å². The van der Waals surface area contributed by atoms with E-state index in [0.717, 1.165) is 10.8 Å². The number of nitrogens with one attached hydrogen (secondary N) is 1. The fourth-order valence-corrected chi connectivity index (χ4v) is 7.97. The highest BCUT2D eigenvalue weighted by Gasteiger charge is 2.43. The second-order valence-electron chi connectivity index (χ2n) is 9.15. The van der Waals surface area contributed by atoms with Crippen molar-refractivity contribution in [2.24, 2.45) is 5.73 Å². The second kappa shape index (κ2) is 16.7. The van der Waals surface area contributed by atoms with E-state index in [1.165, 1.54) is 33.1 Å². The molecule has 1 aromatic carbocycles. The van der Waals surface area contributed by atoms with E-state index in [0.29, 0.717) is 28.6 Å². The van der Waals surface area contributed by atoms with Crippen LogP contribution in [0.25, 0.3) is 0 Å². The molecule has 1 saturated heterocycles. The number of rotatable bonds is 16. The summed E-state index contributed by atoms with van der Waals surface area (Å²) in [6, 6.07) is 3.34. The van der Waals surface area contributed by atoms with Gasteiger partial charge in [0.1, 0.15) is 35.1 Å². The number of aromatic amines is 1. The molecule has 24 heteroatoms. The number of ether oxygens (including phenoxy) is 5. The van der Waals surface area contributed by atoms with Crippen LogP contribution in [-0.2, 0) is 42.1 Å². The van der Waals surface area contributed by atoms with Gasteiger partial charge in [0, 0.05) is 36.1 Å². The maximum absolute atomic E-state index is 12.6. The van der Waals surface area contributed by atoms with Gasteiger partial charge in [0.2, 0.25) is 0 Å². The van der Waals surface area contributed by atoms with E-state index < -0.39 is 59.8 Å². The van der Waals surface area contributed by atoms with Gasteiger partial charge in [-0.05, 0) is 0 Å². The Morgan fingerprint density at radius 1 is 1.04 bits per heavy atom. The molecule has 5 atom stereocenters. The van der Waals surface area contributed by atoms with Gasteiger partial charge in [-0.25, -0.2) is 18.5 Å². The topological polar surface area (TPSA) is 287 Å². The third-order valence-corrected chi connectivity index (χ3v) is 10.6. The highest BCUT2D eigenvalue weighted by Crippen LogP contribution is 2.66. The van der Waals surface area contributed by atoms with Crippen LogP contribution < -0.4 is 31.2 Å². The summed E-state index contributed by atoms with van der Waals surface area (Å²) in [4.78, 5) is 63.8. The van der Waals surface area contributed by atoms with Gasteiger partial charge in [-0.2, -0.15) is 8.62 Å². The van der Waals surface area contributed by atoms with Crippen LogP contribution in [0.15, 0.2) is 27.9 Å². The van der Waals surface area contributed by atoms with Crippen LogP contribution in [0.4, 0.5) is 0 Å². The molecular weight excluding hydrogens is 715 g/mol. The summed E-state index contributed by atoms with van der Waals surface area (Å²) < 4.78 is 76.1. The number of nitrogens with zero attached hydrogens (tertiary/aromatic N) is 1. The van der Waals surface area contributed by atoms with Crippen LogP contribution in [0.2, 0.25) is 0 Å². The number of methoxy groups -OCH3 is 3. The van der Waals surface area contributed by atoms with Gasteiger partial charge in [0.05, 0.1) is 46.5 Å². The minimum Gasteiger partial charge on any atom is -0.496 e. The number of nitrogens with two attached hydrogens (primary N) is 1. The first-order valence-corrected chi connectivity index (χ1v) is 18.7. The van der Waals surface area contributed by atoms with Crippen LogP contribution in [0, 0.1) is 11.8 Å². The maximum atomic E-state index is 12.6. The zero-order valence-corrected chi connectivity index (χ0v) is 28.4. The van der Waals surface area contributed by atoms with Gasteiger partial charge in [-0.1, -0.05) is 11.8 Å². The van der Waals surface area contributed by atoms with Crippen LogP contribution in [0.3, 0.4) is 0 Å². The molecule has 1 aliphatic heterocycles. The van der Waals surface area contributed by atoms with E-state index in [2.05, 4.69) is 25.4 Å². The molecule has 3 unspecified atom stereocenters. The molecule has 262 valence electrons. The molecule has 1 aromatic heterocycles. The molecule has 0 saturated carbocycles. The lowest BCUT2D eigenvalue weighted by Gasteiger charge is -2.21. The molecule has 47 heavy (non-hydrogen) atoms. The monoisotopic (exact) mass is 747 g/mol. The predicted molar refractivity (Wildman–Crippen MR) is 163 cm³/mol. The normalized spacial score (nSPS) is 20.5. The number of thioether (sulfide) groups is 1. The first kappa shape index (κ1) is 38.9. The van der Waals surface area contributed by atoms with Crippen molar-refractivity contribution in [1.82, 2.24) is 9.55 Å². The second-order valence-corrected chi connectivity index (χ2v) is 14.5. The average molecular weight is 748 g/mol. The number of phosphoric ester groups is 1. The standard InChI is InChI=1S/C23H32N3O17P3S/c1-36-15-7-17(37-2)16(18(8-15)38-3)12-47-13-39-19-9-21(26-10-14(5-4-6-24)22(27)25-23(26)28)41-20(19)11-40-45(32,33)43-46(34,35)42-44(29,30)31/h7-8,10,19-21H,6,9,11-13,24H2,1-3H3,(H,32,33)(H,34,35)(H,25,27,28)(H2,29,30,31)/t19-,20?,21+/m0/s1. The molecule has 0 amide bonds. The van der Waals surface area contributed by atoms with Gasteiger partial charge < -0.3 is 49.0 Å². The number of aromatic nitrogens is 2. The summed E-state index contributed by atoms with van der Waals surface area (Å²) in [5, 5.41) is 0. The number of benzene rings is 1. The van der Waals surface area contributed by atoms with Crippen LogP contribution in [-0.4, -0.2) is 81.8 Å². The van der Waals surface area contributed by atoms with Crippen molar-refractivity contribution in [1.29, 1.82) is 0 Å². The Hall–Kier alpha value is -2.50. The summed E-state index contributed by atoms with van der Waals surface area (Å²) in [5.74, 6) is 6.80. The Kier molecular flexibility index (Phi) is 13.9. The SMILES string of the molecule is COc1cc(OC)c(CSCO[C@H]2C[C@H](n3cc(C#CCN)c(=O)[nH]c3=O)OC2COP(=O)(O)OP(=O)(O)OP(=O)(O)O)c(OC)c1. The minimum atomic E-state index is -5.77. The first-order valence-electron chi connectivity index (χ1n) is 13.0. The van der Waals surface area contributed by atoms with Crippen LogP contribution >= 0.6 is 35.2 Å². The lowest BCUT2D eigenvalue weighted by Crippen LogP contribution is -2.33. The molecule has 0 bridgehead atoms. The van der Waals surface area contributed by atoms with Crippen LogP contribution in [0.5, 0.6) is 17.2 Å². The fourth-order valence-electron chi connectivity index (χ4n) is 4.10. The Morgan fingerprint density at radius 2 is 1.70 bits per heavy atom. The largest absolute Gasteiger partial charge is 0.496 e. The molecule has 20 nitrogen and oxygen atoms in total. The van der Waals surface area contributed by atoms with E-state index in [1.54, 1.807) is 12.1 Å². The molecule has 7 N–H and O–H groups in total. The van der Waals surface area contributed by atoms with Gasteiger partial charge in [0.15, 0.2) is 0 Å². The van der Waals surface area contributed by atoms with Crippen molar-refractivity contribution in [3.8, 4) is 29.1 Å². The maximum Gasteiger partial charge on any atom is 0.490 e. The summed E-state index contributed by atoms with van der Waals surface area (Å²) in [6.45, 7) is -0.920. The van der Waals surface area contributed by atoms with Gasteiger partial charge in [-0.15, -0.1) is 11.8 Å². The Morgan fingerprint density at radius 3 is 2.28 bits per heavy atom. The molecule has 0 aliphatic carbocycles. The van der Waals surface area contributed by atoms with Gasteiger partial charge in [-0.3, -0.25) is 18.9 Å². The number of hydrogen-bond acceptors (Lipinski definition) is 15. The van der Waals surface area contributed by atoms with Crippen molar-refractivity contribution < 1.29 is 70.1 Å². The summed E-state index contributed by atoms with van der Waals surface area (Å²) in [5.41, 5.74) is 4.29. The number of H-pyrrole nitrogens is 1. The van der Waals surface area contributed by atoms with Crippen molar-refractivity contribution in [3.63, 3.8) is 0 Å². The lowest BCUT2D eigenvalue weighted by atomic mass is 10.2. The summed E-state index contributed by atoms with van der Waals surface area (Å²) >= 11 is 1.26. The van der Waals surface area contributed by atoms with E-state index in [-0.39, 0.29) is 24.5 Å². The molecule has 0 radical (unpaired) electrons. The molecule has 0 spiro atoms. The minimum absolute atomic E-state index is 0.0153. The Balaban J connectivity index is 1.80. The van der Waals surface area contributed by atoms with E-state index in [4.69, 9.17) is 43.7 Å². The zero-order chi connectivity index (χ0) is 35.0. The van der Waals surface area contributed by atoms with Gasteiger partial charge >= 0.3 is 29.2 Å². The predicted octanol–water partition coefficient (Wildman–Crippen LogP) is 0.780. The Labute approximate surface area is 270 Å². The van der Waals surface area contributed by atoms with Crippen molar-refractivity contribution in [3.05, 3.63) is 50.3 Å². The molecule has 1 fully saturated rings. The molecule has 2 aromatic rings. The van der Waals surface area contributed by atoms with E-state index in [1.807, 2.05) is 0 Å².